The van der Waals surface area contributed by atoms with Crippen LogP contribution in [0, 0.1) is 0 Å². The van der Waals surface area contributed by atoms with Crippen molar-refractivity contribution in [2.45, 2.75) is 84.0 Å². The van der Waals surface area contributed by atoms with Gasteiger partial charge < -0.3 is 14.2 Å². The van der Waals surface area contributed by atoms with E-state index in [9.17, 15) is 0 Å². The van der Waals surface area contributed by atoms with E-state index in [1.807, 2.05) is 24.5 Å². The van der Waals surface area contributed by atoms with Crippen LogP contribution in [0.1, 0.15) is 101 Å². The highest BCUT2D eigenvalue weighted by Gasteiger charge is 2.49. The molecule has 346 valence electrons. The Balaban J connectivity index is 1.07. The van der Waals surface area contributed by atoms with Crippen LogP contribution in [0.2, 0.25) is 0 Å². The van der Waals surface area contributed by atoms with E-state index in [1.165, 1.54) is 38.6 Å². The molecular weight excluding hydrogens is 853 g/mol. The van der Waals surface area contributed by atoms with E-state index in [2.05, 4.69) is 248 Å². The molecule has 0 spiro atoms. The lowest BCUT2D eigenvalue weighted by Gasteiger charge is -2.47. The first-order chi connectivity index (χ1) is 33.6. The number of fused-ring (bicyclic) bond motifs is 5. The van der Waals surface area contributed by atoms with Crippen LogP contribution in [-0.2, 0) is 21.7 Å². The predicted octanol–water partition coefficient (Wildman–Crippen LogP) is 17.1. The maximum absolute atomic E-state index is 6.97. The largest absolute Gasteiger partial charge is 0.457 e. The van der Waals surface area contributed by atoms with E-state index in [0.29, 0.717) is 0 Å². The second-order valence-electron chi connectivity index (χ2n) is 22.0. The van der Waals surface area contributed by atoms with E-state index in [-0.39, 0.29) is 16.2 Å². The maximum atomic E-state index is 6.97. The van der Waals surface area contributed by atoms with Gasteiger partial charge >= 0.3 is 0 Å². The van der Waals surface area contributed by atoms with Crippen LogP contribution < -0.4 is 9.64 Å². The fourth-order valence-electron chi connectivity index (χ4n) is 10.5. The highest BCUT2D eigenvalue weighted by Crippen LogP contribution is 2.59. The summed E-state index contributed by atoms with van der Waals surface area (Å²) in [7, 11) is 0. The zero-order valence-corrected chi connectivity index (χ0v) is 41.7. The third-order valence-electron chi connectivity index (χ3n) is 14.3. The van der Waals surface area contributed by atoms with E-state index >= 15 is 0 Å². The minimum Gasteiger partial charge on any atom is -0.457 e. The molecule has 0 unspecified atom stereocenters. The zero-order chi connectivity index (χ0) is 48.6. The van der Waals surface area contributed by atoms with Crippen molar-refractivity contribution in [3.63, 3.8) is 0 Å². The summed E-state index contributed by atoms with van der Waals surface area (Å²) in [5.74, 6) is 1.46. The molecule has 0 N–H and O–H groups in total. The smallest absolute Gasteiger partial charge is 0.128 e. The highest BCUT2D eigenvalue weighted by atomic mass is 16.5. The summed E-state index contributed by atoms with van der Waals surface area (Å²) in [6.07, 6.45) is 3.84. The number of hydrogen-bond donors (Lipinski definition) is 0. The molecular formula is C65H60N4O. The topological polar surface area (TPSA) is 43.2 Å². The Morgan fingerprint density at radius 1 is 0.429 bits per heavy atom. The number of anilines is 3. The predicted molar refractivity (Wildman–Crippen MR) is 291 cm³/mol. The van der Waals surface area contributed by atoms with Gasteiger partial charge in [0.05, 0.1) is 39.2 Å². The summed E-state index contributed by atoms with van der Waals surface area (Å²) in [4.78, 5) is 12.7. The molecule has 10 aromatic rings. The van der Waals surface area contributed by atoms with E-state index < -0.39 is 5.41 Å². The van der Waals surface area contributed by atoms with Gasteiger partial charge in [0.1, 0.15) is 11.5 Å². The van der Waals surface area contributed by atoms with Crippen LogP contribution in [0.4, 0.5) is 17.1 Å². The Morgan fingerprint density at radius 2 is 0.986 bits per heavy atom. The highest BCUT2D eigenvalue weighted by molar-refractivity contribution is 6.09. The quantitative estimate of drug-likeness (QED) is 0.160. The molecule has 0 atom stereocenters. The molecule has 0 fully saturated rings. The van der Waals surface area contributed by atoms with Crippen molar-refractivity contribution >= 4 is 38.9 Å². The third kappa shape index (κ3) is 7.65. The first-order valence-electron chi connectivity index (χ1n) is 24.5. The first kappa shape index (κ1) is 44.7. The maximum Gasteiger partial charge on any atom is 0.128 e. The molecule has 0 aliphatic carbocycles. The van der Waals surface area contributed by atoms with E-state index in [0.717, 1.165) is 67.8 Å². The number of pyridine rings is 2. The average molecular weight is 913 g/mol. The first-order valence-corrected chi connectivity index (χ1v) is 24.5. The fourth-order valence-corrected chi connectivity index (χ4v) is 10.5. The van der Waals surface area contributed by atoms with E-state index in [1.54, 1.807) is 0 Å². The molecule has 5 nitrogen and oxygen atoms in total. The molecule has 11 rings (SSSR count). The summed E-state index contributed by atoms with van der Waals surface area (Å²) in [5.41, 5.74) is 15.7. The number of rotatable bonds is 7. The molecule has 1 aliphatic heterocycles. The Morgan fingerprint density at radius 3 is 1.57 bits per heavy atom. The summed E-state index contributed by atoms with van der Waals surface area (Å²) < 4.78 is 9.30. The molecule has 4 heterocycles. The molecule has 0 radical (unpaired) electrons. The van der Waals surface area contributed by atoms with Gasteiger partial charge in [0, 0.05) is 40.1 Å². The molecule has 0 saturated carbocycles. The number of para-hydroxylation sites is 2. The van der Waals surface area contributed by atoms with Gasteiger partial charge in [-0.3, -0.25) is 9.97 Å². The second-order valence-corrected chi connectivity index (χ2v) is 22.0. The standard InChI is InChI=1S/C65H60N4O/c1-62(2,3)44-27-31-48(32-28-44)68-59-33-29-45(63(4,5)6)40-54(59)65(61-26-14-15-36-67-61,55-41-46(64(7,8)9)30-34-60(55)68)47-19-17-21-51(39-47)70-50-20-16-18-43(38-50)56-42-49(35-37-66-56)69-57-24-12-10-22-52(57)53-23-11-13-25-58(53)69/h10-42H,1-9H3. The third-order valence-corrected chi connectivity index (χ3v) is 14.3. The number of ether oxygens (including phenoxy) is 1. The SMILES string of the molecule is CC(C)(C)c1ccc(N2c3ccc(C(C)(C)C)cc3C(c3cccc(Oc4cccc(-c5cc(-n6c7ccccc7c7ccccc76)ccn5)c4)c3)(c3ccccn3)c3cc(C(C)(C)C)ccc32)cc1. The normalized spacial score (nSPS) is 13.6. The minimum atomic E-state index is -0.839. The number of benzene rings is 7. The number of hydrogen-bond acceptors (Lipinski definition) is 4. The summed E-state index contributed by atoms with van der Waals surface area (Å²) >= 11 is 0. The molecule has 70 heavy (non-hydrogen) atoms. The van der Waals surface area contributed by atoms with Gasteiger partial charge in [-0.2, -0.15) is 0 Å². The lowest BCUT2D eigenvalue weighted by molar-refractivity contribution is 0.481. The average Bonchev–Trinajstić information content (AvgIpc) is 3.69. The molecule has 7 aromatic carbocycles. The van der Waals surface area contributed by atoms with Gasteiger partial charge in [0.25, 0.3) is 0 Å². The van der Waals surface area contributed by atoms with Crippen molar-refractivity contribution in [1.29, 1.82) is 0 Å². The Bertz CT molecular complexity index is 3460. The van der Waals surface area contributed by atoms with Gasteiger partial charge in [-0.15, -0.1) is 0 Å². The summed E-state index contributed by atoms with van der Waals surface area (Å²) in [6.45, 7) is 20.6. The molecule has 0 saturated heterocycles. The minimum absolute atomic E-state index is 0.0262. The van der Waals surface area contributed by atoms with Crippen LogP contribution in [0.15, 0.2) is 200 Å². The Kier molecular flexibility index (Phi) is 10.7. The van der Waals surface area contributed by atoms with Crippen molar-refractivity contribution in [2.75, 3.05) is 4.90 Å². The van der Waals surface area contributed by atoms with Crippen molar-refractivity contribution in [3.8, 4) is 28.4 Å². The van der Waals surface area contributed by atoms with Crippen molar-refractivity contribution in [3.05, 3.63) is 240 Å². The van der Waals surface area contributed by atoms with Crippen LogP contribution in [0.25, 0.3) is 38.8 Å². The van der Waals surface area contributed by atoms with Crippen molar-refractivity contribution in [2.24, 2.45) is 0 Å². The monoisotopic (exact) mass is 912 g/mol. The van der Waals surface area contributed by atoms with Crippen LogP contribution >= 0.6 is 0 Å². The van der Waals surface area contributed by atoms with Gasteiger partial charge in [-0.1, -0.05) is 165 Å². The molecule has 1 aliphatic rings. The molecule has 3 aromatic heterocycles. The number of aromatic nitrogens is 3. The van der Waals surface area contributed by atoms with Crippen LogP contribution in [0.5, 0.6) is 11.5 Å². The number of nitrogens with zero attached hydrogens (tertiary/aromatic N) is 4. The van der Waals surface area contributed by atoms with Gasteiger partial charge in [0.2, 0.25) is 0 Å². The summed E-state index contributed by atoms with van der Waals surface area (Å²) in [5, 5.41) is 2.46. The van der Waals surface area contributed by atoms with Crippen molar-refractivity contribution in [1.82, 2.24) is 14.5 Å². The van der Waals surface area contributed by atoms with Crippen LogP contribution in [0.3, 0.4) is 0 Å². The van der Waals surface area contributed by atoms with Gasteiger partial charge in [0.15, 0.2) is 0 Å². The molecule has 5 heteroatoms. The second kappa shape index (κ2) is 16.7. The van der Waals surface area contributed by atoms with Crippen molar-refractivity contribution < 1.29 is 4.74 Å². The Labute approximate surface area is 413 Å². The zero-order valence-electron chi connectivity index (χ0n) is 41.7. The molecule has 0 amide bonds. The van der Waals surface area contributed by atoms with E-state index in [4.69, 9.17) is 14.7 Å². The lowest BCUT2D eigenvalue weighted by Crippen LogP contribution is -2.39. The summed E-state index contributed by atoms with van der Waals surface area (Å²) in [6, 6.07) is 68.1. The molecule has 0 bridgehead atoms. The Hall–Kier alpha value is -7.76. The van der Waals surface area contributed by atoms with Gasteiger partial charge in [-0.05, 0) is 135 Å². The fraction of sp³-hybridized carbons (Fsp3) is 0.200. The van der Waals surface area contributed by atoms with Gasteiger partial charge in [-0.25, -0.2) is 0 Å². The lowest BCUT2D eigenvalue weighted by atomic mass is 9.62. The van der Waals surface area contributed by atoms with Crippen LogP contribution in [-0.4, -0.2) is 14.5 Å².